The average Bonchev–Trinajstić information content (AvgIpc) is 3.13. The second kappa shape index (κ2) is 7.93. The molecule has 1 atom stereocenters. The number of nitro groups is 1. The van der Waals surface area contributed by atoms with Gasteiger partial charge in [0.15, 0.2) is 0 Å². The van der Waals surface area contributed by atoms with Crippen LogP contribution in [-0.4, -0.2) is 14.5 Å². The zero-order valence-corrected chi connectivity index (χ0v) is 16.8. The molecule has 0 amide bonds. The summed E-state index contributed by atoms with van der Waals surface area (Å²) in [4.78, 5) is 15.1. The molecule has 0 spiro atoms. The van der Waals surface area contributed by atoms with E-state index in [0.29, 0.717) is 17.8 Å². The van der Waals surface area contributed by atoms with Gasteiger partial charge < -0.3 is 4.57 Å². The molecule has 0 fully saturated rings. The van der Waals surface area contributed by atoms with E-state index < -0.39 is 16.7 Å². The molecule has 5 nitrogen and oxygen atoms in total. The molecule has 1 aromatic heterocycles. The average molecular weight is 417 g/mol. The molecule has 0 aliphatic carbocycles. The van der Waals surface area contributed by atoms with Gasteiger partial charge in [-0.3, -0.25) is 10.1 Å². The Labute approximate surface area is 172 Å². The van der Waals surface area contributed by atoms with Crippen molar-refractivity contribution in [2.75, 3.05) is 0 Å². The van der Waals surface area contributed by atoms with Crippen LogP contribution in [0.1, 0.15) is 37.8 Å². The van der Waals surface area contributed by atoms with Crippen molar-refractivity contribution in [1.29, 1.82) is 0 Å². The molecule has 0 aliphatic heterocycles. The summed E-state index contributed by atoms with van der Waals surface area (Å²) in [6.07, 6.45) is -0.974. The summed E-state index contributed by atoms with van der Waals surface area (Å²) in [6, 6.07) is 11.5. The highest BCUT2D eigenvalue weighted by molar-refractivity contribution is 5.58. The molecule has 3 rings (SSSR count). The van der Waals surface area contributed by atoms with Crippen LogP contribution in [0.4, 0.5) is 18.9 Å². The van der Waals surface area contributed by atoms with Gasteiger partial charge in [0.05, 0.1) is 22.5 Å². The quantitative estimate of drug-likeness (QED) is 0.361. The number of hydrogen-bond donors (Lipinski definition) is 0. The third-order valence-corrected chi connectivity index (χ3v) is 5.06. The fraction of sp³-hybridized carbons (Fsp3) is 0.318. The minimum atomic E-state index is -4.38. The van der Waals surface area contributed by atoms with Crippen molar-refractivity contribution in [3.05, 3.63) is 82.3 Å². The third kappa shape index (κ3) is 4.87. The molecule has 0 saturated heterocycles. The zero-order chi connectivity index (χ0) is 22.1. The largest absolute Gasteiger partial charge is 0.416 e. The number of nitrogens with zero attached hydrogens (tertiary/aromatic N) is 3. The van der Waals surface area contributed by atoms with Gasteiger partial charge in [-0.05, 0) is 23.1 Å². The van der Waals surface area contributed by atoms with E-state index in [9.17, 15) is 23.3 Å². The smallest absolute Gasteiger partial charge is 0.336 e. The Morgan fingerprint density at radius 1 is 1.10 bits per heavy atom. The highest BCUT2D eigenvalue weighted by Crippen LogP contribution is 2.38. The summed E-state index contributed by atoms with van der Waals surface area (Å²) < 4.78 is 40.1. The fourth-order valence-electron chi connectivity index (χ4n) is 3.38. The van der Waals surface area contributed by atoms with Crippen molar-refractivity contribution in [2.24, 2.45) is 5.41 Å². The summed E-state index contributed by atoms with van der Waals surface area (Å²) in [5.74, 6) is -0.0351. The third-order valence-electron chi connectivity index (χ3n) is 5.06. The Balaban J connectivity index is 1.86. The normalized spacial score (nSPS) is 13.3. The summed E-state index contributed by atoms with van der Waals surface area (Å²) in [7, 11) is 0. The molecule has 0 aliphatic rings. The van der Waals surface area contributed by atoms with E-state index in [4.69, 9.17) is 0 Å². The summed E-state index contributed by atoms with van der Waals surface area (Å²) in [6.45, 7) is 6.71. The minimum absolute atomic E-state index is 0.0351. The van der Waals surface area contributed by atoms with E-state index in [2.05, 4.69) is 25.8 Å². The van der Waals surface area contributed by atoms with Gasteiger partial charge in [-0.2, -0.15) is 13.2 Å². The van der Waals surface area contributed by atoms with E-state index >= 15 is 0 Å². The van der Waals surface area contributed by atoms with Gasteiger partial charge in [-0.15, -0.1) is 0 Å². The van der Waals surface area contributed by atoms with E-state index in [1.54, 1.807) is 24.7 Å². The fourth-order valence-corrected chi connectivity index (χ4v) is 3.38. The predicted octanol–water partition coefficient (Wildman–Crippen LogP) is 6.31. The maximum atomic E-state index is 12.8. The van der Waals surface area contributed by atoms with Crippen LogP contribution in [0.15, 0.2) is 61.1 Å². The lowest BCUT2D eigenvalue weighted by Crippen LogP contribution is -2.23. The van der Waals surface area contributed by atoms with Crippen molar-refractivity contribution >= 4 is 5.69 Å². The van der Waals surface area contributed by atoms with Crippen LogP contribution in [0, 0.1) is 15.5 Å². The van der Waals surface area contributed by atoms with E-state index in [1.807, 2.05) is 10.6 Å². The molecule has 0 N–H and O–H groups in total. The Hall–Kier alpha value is -3.16. The summed E-state index contributed by atoms with van der Waals surface area (Å²) >= 11 is 0. The van der Waals surface area contributed by atoms with Crippen LogP contribution in [0.25, 0.3) is 11.3 Å². The lowest BCUT2D eigenvalue weighted by Gasteiger charge is -2.31. The predicted molar refractivity (Wildman–Crippen MR) is 108 cm³/mol. The van der Waals surface area contributed by atoms with Gasteiger partial charge in [0.25, 0.3) is 5.69 Å². The number of rotatable bonds is 5. The second-order valence-electron chi connectivity index (χ2n) is 8.30. The van der Waals surface area contributed by atoms with Crippen LogP contribution in [0.2, 0.25) is 0 Å². The van der Waals surface area contributed by atoms with Crippen molar-refractivity contribution in [3.63, 3.8) is 0 Å². The molecule has 158 valence electrons. The number of imidazole rings is 1. The van der Waals surface area contributed by atoms with Crippen molar-refractivity contribution in [1.82, 2.24) is 9.55 Å². The first-order valence-corrected chi connectivity index (χ1v) is 9.39. The molecule has 0 bridgehead atoms. The molecule has 2 aromatic carbocycles. The molecule has 1 heterocycles. The van der Waals surface area contributed by atoms with E-state index in [0.717, 1.165) is 17.7 Å². The number of benzene rings is 2. The Bertz CT molecular complexity index is 1030. The van der Waals surface area contributed by atoms with E-state index in [1.165, 1.54) is 18.2 Å². The number of hydrogen-bond acceptors (Lipinski definition) is 3. The maximum absolute atomic E-state index is 12.8. The Morgan fingerprint density at radius 2 is 1.77 bits per heavy atom. The standard InChI is InChI=1S/C22H22F3N3O2/c1-21(2,3)19(16-5-4-6-18(11-16)28(29)30)12-27-13-20(26-14-27)15-7-9-17(10-8-15)22(23,24)25/h4-11,13-14,19H,12H2,1-3H3. The highest BCUT2D eigenvalue weighted by atomic mass is 19.4. The van der Waals surface area contributed by atoms with Crippen molar-refractivity contribution in [3.8, 4) is 11.3 Å². The SMILES string of the molecule is CC(C)(C)C(Cn1cnc(-c2ccc(C(F)(F)F)cc2)c1)c1cccc([N+](=O)[O-])c1. The Kier molecular flexibility index (Phi) is 5.70. The first-order chi connectivity index (χ1) is 13.9. The first kappa shape index (κ1) is 21.5. The summed E-state index contributed by atoms with van der Waals surface area (Å²) in [5, 5.41) is 11.1. The number of nitro benzene ring substituents is 1. The molecule has 3 aromatic rings. The second-order valence-corrected chi connectivity index (χ2v) is 8.30. The lowest BCUT2D eigenvalue weighted by molar-refractivity contribution is -0.384. The van der Waals surface area contributed by atoms with Gasteiger partial charge in [0.2, 0.25) is 0 Å². The number of aromatic nitrogens is 2. The van der Waals surface area contributed by atoms with Crippen molar-refractivity contribution < 1.29 is 18.1 Å². The van der Waals surface area contributed by atoms with Gasteiger partial charge in [0, 0.05) is 36.4 Å². The molecular weight excluding hydrogens is 395 g/mol. The molecule has 30 heavy (non-hydrogen) atoms. The van der Waals surface area contributed by atoms with Crippen LogP contribution in [0.3, 0.4) is 0 Å². The van der Waals surface area contributed by atoms with Gasteiger partial charge in [0.1, 0.15) is 0 Å². The van der Waals surface area contributed by atoms with Gasteiger partial charge in [-0.1, -0.05) is 45.0 Å². The summed E-state index contributed by atoms with van der Waals surface area (Å²) in [5.41, 5.74) is 1.15. The molecule has 8 heteroatoms. The lowest BCUT2D eigenvalue weighted by atomic mass is 9.76. The zero-order valence-electron chi connectivity index (χ0n) is 16.8. The monoisotopic (exact) mass is 417 g/mol. The van der Waals surface area contributed by atoms with Gasteiger partial charge >= 0.3 is 6.18 Å². The first-order valence-electron chi connectivity index (χ1n) is 9.39. The number of halogens is 3. The van der Waals surface area contributed by atoms with Crippen LogP contribution in [0.5, 0.6) is 0 Å². The maximum Gasteiger partial charge on any atom is 0.416 e. The van der Waals surface area contributed by atoms with Crippen LogP contribution in [-0.2, 0) is 12.7 Å². The van der Waals surface area contributed by atoms with Crippen LogP contribution < -0.4 is 0 Å². The Morgan fingerprint density at radius 3 is 2.33 bits per heavy atom. The molecule has 1 unspecified atom stereocenters. The topological polar surface area (TPSA) is 61.0 Å². The highest BCUT2D eigenvalue weighted by Gasteiger charge is 2.30. The van der Waals surface area contributed by atoms with Crippen LogP contribution >= 0.6 is 0 Å². The number of alkyl halides is 3. The molecule has 0 radical (unpaired) electrons. The molecular formula is C22H22F3N3O2. The van der Waals surface area contributed by atoms with Gasteiger partial charge in [-0.25, -0.2) is 4.98 Å². The number of non-ortho nitro benzene ring substituents is 1. The molecule has 0 saturated carbocycles. The minimum Gasteiger partial charge on any atom is -0.336 e. The van der Waals surface area contributed by atoms with Crippen molar-refractivity contribution in [2.45, 2.75) is 39.4 Å². The van der Waals surface area contributed by atoms with E-state index in [-0.39, 0.29) is 17.0 Å².